The lowest BCUT2D eigenvalue weighted by Gasteiger charge is -2.12. The Morgan fingerprint density at radius 2 is 2.19 bits per heavy atom. The maximum atomic E-state index is 6.03. The molecule has 88 valence electrons. The highest BCUT2D eigenvalue weighted by Gasteiger charge is 2.21. The fraction of sp³-hybridized carbons (Fsp3) is 0.538. The minimum absolute atomic E-state index is 0.262. The zero-order chi connectivity index (χ0) is 11.4. The van der Waals surface area contributed by atoms with Crippen molar-refractivity contribution < 1.29 is 9.47 Å². The van der Waals surface area contributed by atoms with Gasteiger partial charge in [0.1, 0.15) is 0 Å². The molecule has 0 amide bonds. The summed E-state index contributed by atoms with van der Waals surface area (Å²) >= 11 is 6.03. The largest absolute Gasteiger partial charge is 0.374 e. The lowest BCUT2D eigenvalue weighted by atomic mass is 10.2. The lowest BCUT2D eigenvalue weighted by Crippen LogP contribution is -2.15. The third kappa shape index (κ3) is 3.21. The molecular formula is C13H17ClO2. The zero-order valence-corrected chi connectivity index (χ0v) is 10.2. The standard InChI is InChI=1S/C13H17ClO2/c1-10-6-7-12(16-10)9-15-8-11-4-2-3-5-13(11)14/h2-5,10,12H,6-9H2,1H3. The second-order valence-corrected chi connectivity index (χ2v) is 4.66. The maximum Gasteiger partial charge on any atom is 0.0813 e. The molecule has 0 saturated carbocycles. The van der Waals surface area contributed by atoms with Gasteiger partial charge in [0.15, 0.2) is 0 Å². The summed E-state index contributed by atoms with van der Waals surface area (Å²) in [5.74, 6) is 0. The van der Waals surface area contributed by atoms with E-state index in [4.69, 9.17) is 21.1 Å². The van der Waals surface area contributed by atoms with E-state index >= 15 is 0 Å². The number of hydrogen-bond donors (Lipinski definition) is 0. The molecule has 1 aliphatic heterocycles. The highest BCUT2D eigenvalue weighted by molar-refractivity contribution is 6.31. The van der Waals surface area contributed by atoms with Crippen LogP contribution in [0.25, 0.3) is 0 Å². The predicted octanol–water partition coefficient (Wildman–Crippen LogP) is 3.42. The third-order valence-corrected chi connectivity index (χ3v) is 3.21. The van der Waals surface area contributed by atoms with Gasteiger partial charge in [0, 0.05) is 5.02 Å². The minimum atomic E-state index is 0.262. The monoisotopic (exact) mass is 240 g/mol. The van der Waals surface area contributed by atoms with Gasteiger partial charge >= 0.3 is 0 Å². The van der Waals surface area contributed by atoms with Crippen LogP contribution >= 0.6 is 11.6 Å². The van der Waals surface area contributed by atoms with E-state index < -0.39 is 0 Å². The van der Waals surface area contributed by atoms with E-state index in [0.717, 1.165) is 23.4 Å². The molecular weight excluding hydrogens is 224 g/mol. The third-order valence-electron chi connectivity index (χ3n) is 2.84. The van der Waals surface area contributed by atoms with E-state index in [1.54, 1.807) is 0 Å². The van der Waals surface area contributed by atoms with Gasteiger partial charge in [0.25, 0.3) is 0 Å². The van der Waals surface area contributed by atoms with E-state index in [1.165, 1.54) is 0 Å². The normalized spacial score (nSPS) is 24.9. The van der Waals surface area contributed by atoms with Gasteiger partial charge in [-0.1, -0.05) is 29.8 Å². The van der Waals surface area contributed by atoms with Crippen LogP contribution < -0.4 is 0 Å². The van der Waals surface area contributed by atoms with E-state index in [1.807, 2.05) is 24.3 Å². The average Bonchev–Trinajstić information content (AvgIpc) is 2.67. The average molecular weight is 241 g/mol. The SMILES string of the molecule is CC1CCC(COCc2ccccc2Cl)O1. The number of benzene rings is 1. The molecule has 0 aliphatic carbocycles. The van der Waals surface area contributed by atoms with Crippen LogP contribution in [0, 0.1) is 0 Å². The van der Waals surface area contributed by atoms with E-state index in [0.29, 0.717) is 19.3 Å². The van der Waals surface area contributed by atoms with Crippen molar-refractivity contribution >= 4 is 11.6 Å². The Labute approximate surface area is 102 Å². The van der Waals surface area contributed by atoms with Gasteiger partial charge < -0.3 is 9.47 Å². The van der Waals surface area contributed by atoms with Crippen molar-refractivity contribution in [3.63, 3.8) is 0 Å². The second-order valence-electron chi connectivity index (χ2n) is 4.25. The number of rotatable bonds is 4. The van der Waals surface area contributed by atoms with Crippen molar-refractivity contribution in [2.24, 2.45) is 0 Å². The molecule has 1 fully saturated rings. The molecule has 1 saturated heterocycles. The van der Waals surface area contributed by atoms with Gasteiger partial charge in [-0.25, -0.2) is 0 Å². The summed E-state index contributed by atoms with van der Waals surface area (Å²) in [6, 6.07) is 7.77. The van der Waals surface area contributed by atoms with Crippen molar-refractivity contribution in [1.82, 2.24) is 0 Å². The molecule has 1 aliphatic rings. The summed E-state index contributed by atoms with van der Waals surface area (Å²) in [4.78, 5) is 0. The summed E-state index contributed by atoms with van der Waals surface area (Å²) in [7, 11) is 0. The molecule has 1 aromatic carbocycles. The Hall–Kier alpha value is -0.570. The predicted molar refractivity (Wildman–Crippen MR) is 64.7 cm³/mol. The van der Waals surface area contributed by atoms with Crippen LogP contribution in [0.1, 0.15) is 25.3 Å². The highest BCUT2D eigenvalue weighted by Crippen LogP contribution is 2.20. The molecule has 1 aromatic rings. The molecule has 16 heavy (non-hydrogen) atoms. The smallest absolute Gasteiger partial charge is 0.0813 e. The molecule has 3 heteroatoms. The first-order chi connectivity index (χ1) is 7.75. The Morgan fingerprint density at radius 3 is 2.88 bits per heavy atom. The molecule has 2 rings (SSSR count). The summed E-state index contributed by atoms with van der Waals surface area (Å²) in [6.07, 6.45) is 2.88. The first-order valence-electron chi connectivity index (χ1n) is 5.72. The van der Waals surface area contributed by atoms with Gasteiger partial charge in [-0.05, 0) is 31.4 Å². The van der Waals surface area contributed by atoms with Crippen LogP contribution in [-0.4, -0.2) is 18.8 Å². The van der Waals surface area contributed by atoms with Crippen molar-refractivity contribution in [2.75, 3.05) is 6.61 Å². The maximum absolute atomic E-state index is 6.03. The quantitative estimate of drug-likeness (QED) is 0.803. The number of halogens is 1. The molecule has 1 heterocycles. The Morgan fingerprint density at radius 1 is 1.38 bits per heavy atom. The number of hydrogen-bond acceptors (Lipinski definition) is 2. The summed E-state index contributed by atoms with van der Waals surface area (Å²) < 4.78 is 11.3. The second kappa shape index (κ2) is 5.67. The van der Waals surface area contributed by atoms with Gasteiger partial charge in [0.2, 0.25) is 0 Å². The van der Waals surface area contributed by atoms with Gasteiger partial charge in [0.05, 0.1) is 25.4 Å². The Bertz CT molecular complexity index is 340. The molecule has 2 unspecified atom stereocenters. The minimum Gasteiger partial charge on any atom is -0.374 e. The number of ether oxygens (including phenoxy) is 2. The van der Waals surface area contributed by atoms with Gasteiger partial charge in [-0.15, -0.1) is 0 Å². The molecule has 0 N–H and O–H groups in total. The summed E-state index contributed by atoms with van der Waals surface area (Å²) in [5, 5.41) is 0.767. The molecule has 0 spiro atoms. The lowest BCUT2D eigenvalue weighted by molar-refractivity contribution is -0.0142. The molecule has 0 radical (unpaired) electrons. The van der Waals surface area contributed by atoms with Crippen molar-refractivity contribution in [2.45, 2.75) is 38.6 Å². The molecule has 2 nitrogen and oxygen atoms in total. The van der Waals surface area contributed by atoms with Crippen LogP contribution in [-0.2, 0) is 16.1 Å². The van der Waals surface area contributed by atoms with Gasteiger partial charge in [-0.2, -0.15) is 0 Å². The summed E-state index contributed by atoms with van der Waals surface area (Å²) in [5.41, 5.74) is 1.04. The molecule has 2 atom stereocenters. The summed E-state index contributed by atoms with van der Waals surface area (Å²) in [6.45, 7) is 3.33. The highest BCUT2D eigenvalue weighted by atomic mass is 35.5. The molecule has 0 bridgehead atoms. The molecule has 0 aromatic heterocycles. The Balaban J connectivity index is 1.74. The Kier molecular flexibility index (Phi) is 4.22. The van der Waals surface area contributed by atoms with E-state index in [9.17, 15) is 0 Å². The van der Waals surface area contributed by atoms with Crippen LogP contribution in [0.4, 0.5) is 0 Å². The van der Waals surface area contributed by atoms with E-state index in [2.05, 4.69) is 6.92 Å². The van der Waals surface area contributed by atoms with Crippen molar-refractivity contribution in [3.8, 4) is 0 Å². The van der Waals surface area contributed by atoms with E-state index in [-0.39, 0.29) is 6.10 Å². The van der Waals surface area contributed by atoms with Crippen molar-refractivity contribution in [3.05, 3.63) is 34.9 Å². The topological polar surface area (TPSA) is 18.5 Å². The van der Waals surface area contributed by atoms with Gasteiger partial charge in [-0.3, -0.25) is 0 Å². The van der Waals surface area contributed by atoms with Crippen LogP contribution in [0.3, 0.4) is 0 Å². The van der Waals surface area contributed by atoms with Crippen molar-refractivity contribution in [1.29, 1.82) is 0 Å². The van der Waals surface area contributed by atoms with Crippen LogP contribution in [0.2, 0.25) is 5.02 Å². The fourth-order valence-electron chi connectivity index (χ4n) is 1.92. The zero-order valence-electron chi connectivity index (χ0n) is 9.49. The van der Waals surface area contributed by atoms with Crippen LogP contribution in [0.5, 0.6) is 0 Å². The first kappa shape index (κ1) is 11.9. The fourth-order valence-corrected chi connectivity index (χ4v) is 2.11. The first-order valence-corrected chi connectivity index (χ1v) is 6.10. The van der Waals surface area contributed by atoms with Crippen LogP contribution in [0.15, 0.2) is 24.3 Å².